The predicted octanol–water partition coefficient (Wildman–Crippen LogP) is 6.45. The van der Waals surface area contributed by atoms with Gasteiger partial charge in [-0.1, -0.05) is 64.2 Å². The number of aliphatic carboxylic acids is 1. The van der Waals surface area contributed by atoms with Crippen molar-refractivity contribution >= 4 is 39.2 Å². The van der Waals surface area contributed by atoms with Crippen LogP contribution in [0.4, 0.5) is 0 Å². The van der Waals surface area contributed by atoms with Crippen LogP contribution in [0.1, 0.15) is 16.7 Å². The monoisotopic (exact) mass is 492 g/mol. The molecular weight excluding hydrogens is 472 g/mol. The number of carboxylic acid groups (broad SMARTS) is 1. The zero-order valence-electron chi connectivity index (χ0n) is 17.0. The van der Waals surface area contributed by atoms with Crippen LogP contribution in [0.25, 0.3) is 5.57 Å². The van der Waals surface area contributed by atoms with Gasteiger partial charge in [-0.05, 0) is 60.5 Å². The second kappa shape index (κ2) is 11.5. The fourth-order valence-electron chi connectivity index (χ4n) is 2.77. The van der Waals surface area contributed by atoms with E-state index in [0.29, 0.717) is 5.75 Å². The number of halogens is 1. The van der Waals surface area contributed by atoms with Crippen LogP contribution in [0.2, 0.25) is 0 Å². The van der Waals surface area contributed by atoms with Gasteiger partial charge in [0, 0.05) is 26.3 Å². The maximum Gasteiger partial charge on any atom is 0.341 e. The number of thioether (sulfide) groups is 1. The van der Waals surface area contributed by atoms with Gasteiger partial charge in [-0.25, -0.2) is 4.79 Å². The van der Waals surface area contributed by atoms with E-state index in [4.69, 9.17) is 9.84 Å². The van der Waals surface area contributed by atoms with E-state index in [2.05, 4.69) is 46.0 Å². The van der Waals surface area contributed by atoms with Crippen molar-refractivity contribution in [1.82, 2.24) is 0 Å². The van der Waals surface area contributed by atoms with Crippen molar-refractivity contribution in [3.05, 3.63) is 100 Å². The molecule has 3 aromatic rings. The van der Waals surface area contributed by atoms with E-state index in [1.165, 1.54) is 0 Å². The lowest BCUT2D eigenvalue weighted by Gasteiger charge is -2.08. The van der Waals surface area contributed by atoms with Crippen LogP contribution in [0.5, 0.6) is 5.75 Å². The normalized spacial score (nSPS) is 10.8. The van der Waals surface area contributed by atoms with Gasteiger partial charge < -0.3 is 9.84 Å². The first-order valence-corrected chi connectivity index (χ1v) is 11.4. The van der Waals surface area contributed by atoms with E-state index < -0.39 is 5.97 Å². The fourth-order valence-corrected chi connectivity index (χ4v) is 3.90. The van der Waals surface area contributed by atoms with Crippen LogP contribution >= 0.6 is 27.7 Å². The van der Waals surface area contributed by atoms with Crippen LogP contribution < -0.4 is 4.74 Å². The molecular formula is C26H21BrO3S. The molecule has 0 bridgehead atoms. The average Bonchev–Trinajstić information content (AvgIpc) is 2.77. The molecule has 0 radical (unpaired) electrons. The topological polar surface area (TPSA) is 46.5 Å². The van der Waals surface area contributed by atoms with Crippen LogP contribution in [0, 0.1) is 18.8 Å². The maximum absolute atomic E-state index is 10.7. The number of hydrogen-bond acceptors (Lipinski definition) is 3. The zero-order valence-corrected chi connectivity index (χ0v) is 19.4. The van der Waals surface area contributed by atoms with Gasteiger partial charge in [0.25, 0.3) is 0 Å². The standard InChI is InChI=1S/C26H21BrO3S/c1-19-17-24(13-14-25(19)30-18-26(28)29)31-16-15-22(21-9-11-23(27)12-10-21)8-7-20-5-3-2-4-6-20/h2-6,9-15,17H,16,18H2,1H3,(H,28,29). The Bertz CT molecular complexity index is 1130. The molecule has 0 heterocycles. The molecule has 0 aliphatic heterocycles. The zero-order chi connectivity index (χ0) is 22.1. The molecule has 0 atom stereocenters. The average molecular weight is 493 g/mol. The molecule has 0 fully saturated rings. The number of benzene rings is 3. The third-order valence-electron chi connectivity index (χ3n) is 4.31. The predicted molar refractivity (Wildman–Crippen MR) is 130 cm³/mol. The number of hydrogen-bond donors (Lipinski definition) is 1. The van der Waals surface area contributed by atoms with Crippen molar-refractivity contribution in [3.8, 4) is 17.6 Å². The van der Waals surface area contributed by atoms with Crippen molar-refractivity contribution in [1.29, 1.82) is 0 Å². The SMILES string of the molecule is Cc1cc(SCC=C(C#Cc2ccccc2)c2ccc(Br)cc2)ccc1OCC(=O)O. The first-order valence-electron chi connectivity index (χ1n) is 9.62. The summed E-state index contributed by atoms with van der Waals surface area (Å²) in [5.74, 6) is 6.91. The van der Waals surface area contributed by atoms with E-state index in [0.717, 1.165) is 37.4 Å². The molecule has 5 heteroatoms. The fraction of sp³-hybridized carbons (Fsp3) is 0.115. The highest BCUT2D eigenvalue weighted by molar-refractivity contribution is 9.10. The summed E-state index contributed by atoms with van der Waals surface area (Å²) in [6.07, 6.45) is 2.13. The van der Waals surface area contributed by atoms with Crippen molar-refractivity contribution in [2.24, 2.45) is 0 Å². The number of carbonyl (C=O) groups is 1. The van der Waals surface area contributed by atoms with E-state index in [-0.39, 0.29) is 6.61 Å². The van der Waals surface area contributed by atoms with Crippen LogP contribution in [0.3, 0.4) is 0 Å². The molecule has 0 unspecified atom stereocenters. The smallest absolute Gasteiger partial charge is 0.341 e. The molecule has 3 aromatic carbocycles. The molecule has 156 valence electrons. The molecule has 0 saturated heterocycles. The van der Waals surface area contributed by atoms with Gasteiger partial charge in [0.1, 0.15) is 5.75 Å². The number of carboxylic acids is 1. The van der Waals surface area contributed by atoms with Crippen molar-refractivity contribution in [3.63, 3.8) is 0 Å². The van der Waals surface area contributed by atoms with Crippen molar-refractivity contribution < 1.29 is 14.6 Å². The molecule has 0 aliphatic carbocycles. The van der Waals surface area contributed by atoms with Gasteiger partial charge >= 0.3 is 5.97 Å². The second-order valence-electron chi connectivity index (χ2n) is 6.66. The summed E-state index contributed by atoms with van der Waals surface area (Å²) in [5.41, 5.74) is 3.93. The molecule has 0 saturated carbocycles. The van der Waals surface area contributed by atoms with Crippen molar-refractivity contribution in [2.45, 2.75) is 11.8 Å². The minimum Gasteiger partial charge on any atom is -0.482 e. The summed E-state index contributed by atoms with van der Waals surface area (Å²) in [6, 6.07) is 23.8. The van der Waals surface area contributed by atoms with E-state index in [1.54, 1.807) is 11.8 Å². The number of ether oxygens (including phenoxy) is 1. The Balaban J connectivity index is 1.75. The van der Waals surface area contributed by atoms with Crippen LogP contribution in [-0.4, -0.2) is 23.4 Å². The highest BCUT2D eigenvalue weighted by Crippen LogP contribution is 2.27. The minimum atomic E-state index is -0.986. The number of rotatable bonds is 7. The van der Waals surface area contributed by atoms with E-state index in [1.807, 2.05) is 67.6 Å². The molecule has 0 amide bonds. The van der Waals surface area contributed by atoms with Gasteiger partial charge in [-0.3, -0.25) is 0 Å². The third-order valence-corrected chi connectivity index (χ3v) is 5.75. The quantitative estimate of drug-likeness (QED) is 0.304. The summed E-state index contributed by atoms with van der Waals surface area (Å²) >= 11 is 5.17. The Morgan fingerprint density at radius 3 is 2.52 bits per heavy atom. The lowest BCUT2D eigenvalue weighted by atomic mass is 10.1. The largest absolute Gasteiger partial charge is 0.482 e. The summed E-state index contributed by atoms with van der Waals surface area (Å²) in [7, 11) is 0. The van der Waals surface area contributed by atoms with E-state index in [9.17, 15) is 4.79 Å². The highest BCUT2D eigenvalue weighted by atomic mass is 79.9. The molecule has 3 nitrogen and oxygen atoms in total. The minimum absolute atomic E-state index is 0.341. The van der Waals surface area contributed by atoms with Gasteiger partial charge in [-0.2, -0.15) is 0 Å². The first-order chi connectivity index (χ1) is 15.0. The lowest BCUT2D eigenvalue weighted by Crippen LogP contribution is -2.09. The number of allylic oxidation sites excluding steroid dienone is 1. The Labute approximate surface area is 195 Å². The molecule has 31 heavy (non-hydrogen) atoms. The van der Waals surface area contributed by atoms with Gasteiger partial charge in [0.2, 0.25) is 0 Å². The van der Waals surface area contributed by atoms with Gasteiger partial charge in [0.05, 0.1) is 0 Å². The molecule has 3 rings (SSSR count). The van der Waals surface area contributed by atoms with Gasteiger partial charge in [-0.15, -0.1) is 11.8 Å². The molecule has 0 spiro atoms. The Hall–Kier alpha value is -2.94. The Kier molecular flexibility index (Phi) is 8.40. The summed E-state index contributed by atoms with van der Waals surface area (Å²) in [5, 5.41) is 8.76. The Morgan fingerprint density at radius 2 is 1.84 bits per heavy atom. The van der Waals surface area contributed by atoms with Gasteiger partial charge in [0.15, 0.2) is 6.61 Å². The maximum atomic E-state index is 10.7. The number of aryl methyl sites for hydroxylation is 1. The first kappa shape index (κ1) is 22.7. The van der Waals surface area contributed by atoms with Crippen LogP contribution in [0.15, 0.2) is 88.2 Å². The molecule has 0 aromatic heterocycles. The van der Waals surface area contributed by atoms with Crippen LogP contribution in [-0.2, 0) is 4.79 Å². The lowest BCUT2D eigenvalue weighted by molar-refractivity contribution is -0.139. The summed E-state index contributed by atoms with van der Waals surface area (Å²) in [6.45, 7) is 1.57. The highest BCUT2D eigenvalue weighted by Gasteiger charge is 2.05. The van der Waals surface area contributed by atoms with E-state index >= 15 is 0 Å². The van der Waals surface area contributed by atoms with Crippen molar-refractivity contribution in [2.75, 3.05) is 12.4 Å². The molecule has 0 aliphatic rings. The summed E-state index contributed by atoms with van der Waals surface area (Å²) in [4.78, 5) is 11.8. The Morgan fingerprint density at radius 1 is 1.10 bits per heavy atom. The summed E-state index contributed by atoms with van der Waals surface area (Å²) < 4.78 is 6.32. The second-order valence-corrected chi connectivity index (χ2v) is 8.67. The third kappa shape index (κ3) is 7.36. The molecule has 1 N–H and O–H groups in total.